The largest absolute Gasteiger partial charge is 0.479 e. The van der Waals surface area contributed by atoms with Gasteiger partial charge < -0.3 is 10.2 Å². The van der Waals surface area contributed by atoms with Crippen molar-refractivity contribution in [3.63, 3.8) is 0 Å². The van der Waals surface area contributed by atoms with Gasteiger partial charge in [-0.25, -0.2) is 4.79 Å². The smallest absolute Gasteiger partial charge is 0.416 e. The molecular formula is C9H7F3O3. The lowest BCUT2D eigenvalue weighted by Crippen LogP contribution is -2.12. The Morgan fingerprint density at radius 1 is 1.33 bits per heavy atom. The van der Waals surface area contributed by atoms with Gasteiger partial charge in [-0.2, -0.15) is 13.2 Å². The summed E-state index contributed by atoms with van der Waals surface area (Å²) < 4.78 is 36.6. The molecule has 0 spiro atoms. The van der Waals surface area contributed by atoms with Crippen LogP contribution in [0.15, 0.2) is 24.3 Å². The number of alkyl halides is 3. The molecule has 3 nitrogen and oxygen atoms in total. The van der Waals surface area contributed by atoms with Crippen molar-refractivity contribution >= 4 is 5.97 Å². The highest BCUT2D eigenvalue weighted by Gasteiger charge is 2.31. The van der Waals surface area contributed by atoms with Crippen LogP contribution in [0.1, 0.15) is 17.2 Å². The third-order valence-electron chi connectivity index (χ3n) is 1.76. The number of rotatable bonds is 2. The first-order valence-corrected chi connectivity index (χ1v) is 3.90. The van der Waals surface area contributed by atoms with Gasteiger partial charge in [-0.15, -0.1) is 0 Å². The van der Waals surface area contributed by atoms with Crippen LogP contribution in [0.3, 0.4) is 0 Å². The van der Waals surface area contributed by atoms with Crippen LogP contribution in [0.4, 0.5) is 13.2 Å². The first-order chi connectivity index (χ1) is 6.82. The lowest BCUT2D eigenvalue weighted by molar-refractivity contribution is -0.147. The van der Waals surface area contributed by atoms with Crippen LogP contribution >= 0.6 is 0 Å². The molecule has 0 aliphatic rings. The number of carboxylic acid groups (broad SMARTS) is 1. The van der Waals surface area contributed by atoms with Crippen LogP contribution in [0.5, 0.6) is 0 Å². The van der Waals surface area contributed by atoms with Crippen molar-refractivity contribution in [2.75, 3.05) is 0 Å². The Hall–Kier alpha value is -1.56. The summed E-state index contributed by atoms with van der Waals surface area (Å²) in [6.45, 7) is 0. The van der Waals surface area contributed by atoms with E-state index in [2.05, 4.69) is 0 Å². The van der Waals surface area contributed by atoms with Gasteiger partial charge >= 0.3 is 12.1 Å². The van der Waals surface area contributed by atoms with Gasteiger partial charge in [-0.1, -0.05) is 12.1 Å². The third kappa shape index (κ3) is 2.69. The molecule has 0 saturated heterocycles. The summed E-state index contributed by atoms with van der Waals surface area (Å²) in [5.74, 6) is -1.59. The molecule has 0 heterocycles. The fraction of sp³-hybridized carbons (Fsp3) is 0.222. The van der Waals surface area contributed by atoms with Crippen molar-refractivity contribution in [3.8, 4) is 0 Å². The molecule has 1 aromatic rings. The van der Waals surface area contributed by atoms with Gasteiger partial charge in [0.25, 0.3) is 0 Å². The molecule has 0 bridgehead atoms. The van der Waals surface area contributed by atoms with Crippen LogP contribution in [-0.4, -0.2) is 16.2 Å². The standard InChI is InChI=1S/C9H7F3O3/c10-9(11,12)6-3-1-2-5(4-6)7(13)8(14)15/h1-4,7,13H,(H,14,15)/t7-/m0/s1. The molecule has 15 heavy (non-hydrogen) atoms. The lowest BCUT2D eigenvalue weighted by Gasteiger charge is -2.10. The first kappa shape index (κ1) is 11.5. The van der Waals surface area contributed by atoms with Crippen LogP contribution in [0.2, 0.25) is 0 Å². The molecule has 1 rings (SSSR count). The van der Waals surface area contributed by atoms with E-state index in [9.17, 15) is 18.0 Å². The normalized spacial score (nSPS) is 13.6. The van der Waals surface area contributed by atoms with E-state index in [0.29, 0.717) is 6.07 Å². The maximum absolute atomic E-state index is 12.2. The summed E-state index contributed by atoms with van der Waals surface area (Å²) in [5.41, 5.74) is -1.28. The SMILES string of the molecule is O=C(O)[C@@H](O)c1cccc(C(F)(F)F)c1. The Balaban J connectivity index is 3.08. The molecular weight excluding hydrogens is 213 g/mol. The van der Waals surface area contributed by atoms with Crippen LogP contribution in [0.25, 0.3) is 0 Å². The molecule has 0 aliphatic carbocycles. The number of hydrogen-bond donors (Lipinski definition) is 2. The fourth-order valence-corrected chi connectivity index (χ4v) is 1.03. The van der Waals surface area contributed by atoms with Crippen molar-refractivity contribution < 1.29 is 28.2 Å². The van der Waals surface area contributed by atoms with Crippen molar-refractivity contribution in [1.29, 1.82) is 0 Å². The Labute approximate surface area is 82.8 Å². The van der Waals surface area contributed by atoms with Crippen molar-refractivity contribution in [1.82, 2.24) is 0 Å². The molecule has 2 N–H and O–H groups in total. The first-order valence-electron chi connectivity index (χ1n) is 3.90. The molecule has 0 saturated carbocycles. The highest BCUT2D eigenvalue weighted by Crippen LogP contribution is 2.30. The molecule has 0 aliphatic heterocycles. The van der Waals surface area contributed by atoms with Crippen molar-refractivity contribution in [2.24, 2.45) is 0 Å². The zero-order chi connectivity index (χ0) is 11.6. The minimum atomic E-state index is -4.55. The summed E-state index contributed by atoms with van der Waals surface area (Å²) in [5, 5.41) is 17.4. The van der Waals surface area contributed by atoms with Gasteiger partial charge in [0.2, 0.25) is 0 Å². The number of aliphatic carboxylic acids is 1. The predicted molar refractivity (Wildman–Crippen MR) is 44.0 cm³/mol. The average Bonchev–Trinajstić information content (AvgIpc) is 2.15. The monoisotopic (exact) mass is 220 g/mol. The van der Waals surface area contributed by atoms with Crippen LogP contribution in [0, 0.1) is 0 Å². The fourth-order valence-electron chi connectivity index (χ4n) is 1.03. The van der Waals surface area contributed by atoms with E-state index in [-0.39, 0.29) is 5.56 Å². The molecule has 0 fully saturated rings. The lowest BCUT2D eigenvalue weighted by atomic mass is 10.1. The number of carbonyl (C=O) groups is 1. The summed E-state index contributed by atoms with van der Waals surface area (Å²) in [7, 11) is 0. The van der Waals surface area contributed by atoms with Gasteiger partial charge in [0.15, 0.2) is 6.10 Å². The third-order valence-corrected chi connectivity index (χ3v) is 1.76. The molecule has 6 heteroatoms. The molecule has 1 atom stereocenters. The van der Waals surface area contributed by atoms with Crippen LogP contribution in [-0.2, 0) is 11.0 Å². The molecule has 0 radical (unpaired) electrons. The molecule has 1 aromatic carbocycles. The van der Waals surface area contributed by atoms with Gasteiger partial charge in [0.05, 0.1) is 5.56 Å². The summed E-state index contributed by atoms with van der Waals surface area (Å²) >= 11 is 0. The van der Waals surface area contributed by atoms with Gasteiger partial charge in [-0.05, 0) is 17.7 Å². The van der Waals surface area contributed by atoms with E-state index < -0.39 is 23.8 Å². The molecule has 0 aromatic heterocycles. The Morgan fingerprint density at radius 2 is 1.93 bits per heavy atom. The van der Waals surface area contributed by atoms with Gasteiger partial charge in [0, 0.05) is 0 Å². The van der Waals surface area contributed by atoms with E-state index in [1.165, 1.54) is 0 Å². The van der Waals surface area contributed by atoms with Gasteiger partial charge in [0.1, 0.15) is 0 Å². The Morgan fingerprint density at radius 3 is 2.40 bits per heavy atom. The van der Waals surface area contributed by atoms with E-state index in [1.54, 1.807) is 0 Å². The summed E-state index contributed by atoms with van der Waals surface area (Å²) in [4.78, 5) is 10.3. The van der Waals surface area contributed by atoms with Crippen LogP contribution < -0.4 is 0 Å². The van der Waals surface area contributed by atoms with E-state index in [0.717, 1.165) is 18.2 Å². The number of benzene rings is 1. The van der Waals surface area contributed by atoms with Crippen molar-refractivity contribution in [2.45, 2.75) is 12.3 Å². The Kier molecular flexibility index (Phi) is 2.99. The second-order valence-corrected chi connectivity index (χ2v) is 2.86. The van der Waals surface area contributed by atoms with E-state index >= 15 is 0 Å². The molecule has 82 valence electrons. The highest BCUT2D eigenvalue weighted by molar-refractivity contribution is 5.74. The molecule has 0 amide bonds. The van der Waals surface area contributed by atoms with Crippen molar-refractivity contribution in [3.05, 3.63) is 35.4 Å². The van der Waals surface area contributed by atoms with E-state index in [4.69, 9.17) is 10.2 Å². The minimum Gasteiger partial charge on any atom is -0.479 e. The maximum Gasteiger partial charge on any atom is 0.416 e. The minimum absolute atomic E-state index is 0.294. The zero-order valence-electron chi connectivity index (χ0n) is 7.32. The van der Waals surface area contributed by atoms with E-state index in [1.807, 2.05) is 0 Å². The summed E-state index contributed by atoms with van der Waals surface area (Å²) in [6, 6.07) is 3.58. The zero-order valence-corrected chi connectivity index (χ0v) is 7.32. The summed E-state index contributed by atoms with van der Waals surface area (Å²) in [6.07, 6.45) is -6.49. The van der Waals surface area contributed by atoms with Gasteiger partial charge in [-0.3, -0.25) is 0 Å². The average molecular weight is 220 g/mol. The second kappa shape index (κ2) is 3.90. The maximum atomic E-state index is 12.2. The quantitative estimate of drug-likeness (QED) is 0.799. The highest BCUT2D eigenvalue weighted by atomic mass is 19.4. The number of hydrogen-bond acceptors (Lipinski definition) is 2. The second-order valence-electron chi connectivity index (χ2n) is 2.86. The topological polar surface area (TPSA) is 57.5 Å². The Bertz CT molecular complexity index is 373. The molecule has 0 unspecified atom stereocenters. The number of aliphatic hydroxyl groups is 1. The number of halogens is 3. The predicted octanol–water partition coefficient (Wildman–Crippen LogP) is 1.82. The number of carboxylic acids is 1. The number of aliphatic hydroxyl groups excluding tert-OH is 1.